The van der Waals surface area contributed by atoms with Crippen molar-refractivity contribution in [2.24, 2.45) is 0 Å². The van der Waals surface area contributed by atoms with Gasteiger partial charge in [-0.25, -0.2) is 4.39 Å². The fraction of sp³-hybridized carbons (Fsp3) is 0.188. The van der Waals surface area contributed by atoms with Crippen LogP contribution in [-0.4, -0.2) is 0 Å². The minimum atomic E-state index is -0.531. The van der Waals surface area contributed by atoms with Crippen LogP contribution in [0.1, 0.15) is 30.1 Å². The summed E-state index contributed by atoms with van der Waals surface area (Å²) in [5.74, 6) is -0.328. The average Bonchev–Trinajstić information content (AvgIpc) is 2.46. The Labute approximate surface area is 124 Å². The molecule has 0 spiro atoms. The summed E-state index contributed by atoms with van der Waals surface area (Å²) in [5, 5.41) is 11.1. The van der Waals surface area contributed by atoms with E-state index in [4.69, 9.17) is 0 Å². The molecule has 0 unspecified atom stereocenters. The zero-order valence-corrected chi connectivity index (χ0v) is 11.9. The molecular weight excluding hydrogens is 275 g/mol. The summed E-state index contributed by atoms with van der Waals surface area (Å²) in [6.45, 7) is 2.01. The smallest absolute Gasteiger partial charge is 0.202 e. The van der Waals surface area contributed by atoms with Crippen LogP contribution >= 0.6 is 0 Å². The van der Waals surface area contributed by atoms with Crippen molar-refractivity contribution in [3.05, 3.63) is 71.5 Å². The Balaban J connectivity index is 0.00000200. The van der Waals surface area contributed by atoms with Gasteiger partial charge in [0.2, 0.25) is 6.04 Å². The highest BCUT2D eigenvalue weighted by molar-refractivity contribution is 5.24. The minimum absolute atomic E-state index is 0. The highest BCUT2D eigenvalue weighted by Gasteiger charge is 2.21. The highest BCUT2D eigenvalue weighted by atomic mass is 35.5. The van der Waals surface area contributed by atoms with E-state index in [1.165, 1.54) is 6.07 Å². The second-order valence-corrected chi connectivity index (χ2v) is 4.52. The zero-order chi connectivity index (χ0) is 13.7. The first-order chi connectivity index (χ1) is 9.22. The molecular formula is C16H16ClFN2. The maximum Gasteiger partial charge on any atom is 0.202 e. The topological polar surface area (TPSA) is 40.4 Å². The normalized spacial score (nSPS) is 12.8. The molecule has 0 aliphatic rings. The molecule has 0 aromatic heterocycles. The van der Waals surface area contributed by atoms with E-state index in [-0.39, 0.29) is 24.3 Å². The highest BCUT2D eigenvalue weighted by Crippen LogP contribution is 2.15. The second-order valence-electron chi connectivity index (χ2n) is 4.52. The lowest BCUT2D eigenvalue weighted by Crippen LogP contribution is -3.00. The Morgan fingerprint density at radius 1 is 1.05 bits per heavy atom. The van der Waals surface area contributed by atoms with Crippen molar-refractivity contribution in [1.82, 2.24) is 0 Å². The van der Waals surface area contributed by atoms with Crippen LogP contribution in [0.4, 0.5) is 4.39 Å². The predicted octanol–water partition coefficient (Wildman–Crippen LogP) is -0.281. The molecule has 2 rings (SSSR count). The maximum absolute atomic E-state index is 13.7. The SMILES string of the molecule is C[C@@H]([NH2+][C@@H](C#N)c1ccccc1F)c1ccccc1.[Cl-]. The summed E-state index contributed by atoms with van der Waals surface area (Å²) in [5.41, 5.74) is 1.56. The number of hydrogen-bond acceptors (Lipinski definition) is 1. The first kappa shape index (κ1) is 16.2. The number of nitriles is 1. The van der Waals surface area contributed by atoms with E-state index in [2.05, 4.69) is 6.07 Å². The van der Waals surface area contributed by atoms with E-state index in [0.29, 0.717) is 5.56 Å². The molecule has 0 fully saturated rings. The summed E-state index contributed by atoms with van der Waals surface area (Å²) in [7, 11) is 0. The van der Waals surface area contributed by atoms with Crippen molar-refractivity contribution in [2.45, 2.75) is 19.0 Å². The third-order valence-corrected chi connectivity index (χ3v) is 3.19. The van der Waals surface area contributed by atoms with Crippen molar-refractivity contribution >= 4 is 0 Å². The Bertz CT molecular complexity index is 581. The van der Waals surface area contributed by atoms with E-state index in [1.54, 1.807) is 18.2 Å². The summed E-state index contributed by atoms with van der Waals surface area (Å²) in [4.78, 5) is 0. The van der Waals surface area contributed by atoms with Crippen LogP contribution < -0.4 is 17.7 Å². The van der Waals surface area contributed by atoms with E-state index in [1.807, 2.05) is 42.6 Å². The number of nitrogens with zero attached hydrogens (tertiary/aromatic N) is 1. The molecule has 20 heavy (non-hydrogen) atoms. The Morgan fingerprint density at radius 3 is 2.25 bits per heavy atom. The van der Waals surface area contributed by atoms with Gasteiger partial charge in [0.1, 0.15) is 17.9 Å². The van der Waals surface area contributed by atoms with Gasteiger partial charge in [-0.3, -0.25) is 0 Å². The van der Waals surface area contributed by atoms with Gasteiger partial charge in [0, 0.05) is 5.56 Å². The summed E-state index contributed by atoms with van der Waals surface area (Å²) in [6, 6.07) is 18.1. The van der Waals surface area contributed by atoms with Crippen molar-refractivity contribution in [2.75, 3.05) is 0 Å². The van der Waals surface area contributed by atoms with Crippen molar-refractivity contribution in [3.8, 4) is 6.07 Å². The van der Waals surface area contributed by atoms with Gasteiger partial charge < -0.3 is 17.7 Å². The number of nitrogens with two attached hydrogens (primary N) is 1. The molecule has 2 aromatic rings. The Morgan fingerprint density at radius 2 is 1.65 bits per heavy atom. The van der Waals surface area contributed by atoms with Crippen LogP contribution in [0.2, 0.25) is 0 Å². The molecule has 0 amide bonds. The Hall–Kier alpha value is -1.89. The van der Waals surface area contributed by atoms with Gasteiger partial charge >= 0.3 is 0 Å². The lowest BCUT2D eigenvalue weighted by molar-refractivity contribution is -0.720. The predicted molar refractivity (Wildman–Crippen MR) is 71.5 cm³/mol. The zero-order valence-electron chi connectivity index (χ0n) is 11.1. The molecule has 0 radical (unpaired) electrons. The van der Waals surface area contributed by atoms with Crippen LogP contribution in [-0.2, 0) is 0 Å². The summed E-state index contributed by atoms with van der Waals surface area (Å²) in [6.07, 6.45) is 0. The van der Waals surface area contributed by atoms with E-state index < -0.39 is 6.04 Å². The third-order valence-electron chi connectivity index (χ3n) is 3.19. The fourth-order valence-electron chi connectivity index (χ4n) is 2.10. The summed E-state index contributed by atoms with van der Waals surface area (Å²) >= 11 is 0. The monoisotopic (exact) mass is 290 g/mol. The third kappa shape index (κ3) is 3.80. The van der Waals surface area contributed by atoms with Gasteiger partial charge in [0.05, 0.1) is 5.56 Å². The van der Waals surface area contributed by atoms with Gasteiger partial charge in [0.15, 0.2) is 0 Å². The molecule has 0 bridgehead atoms. The molecule has 0 saturated carbocycles. The maximum atomic E-state index is 13.7. The first-order valence-corrected chi connectivity index (χ1v) is 6.26. The molecule has 2 nitrogen and oxygen atoms in total. The number of rotatable bonds is 4. The average molecular weight is 291 g/mol. The van der Waals surface area contributed by atoms with Crippen LogP contribution in [0.15, 0.2) is 54.6 Å². The number of benzene rings is 2. The fourth-order valence-corrected chi connectivity index (χ4v) is 2.10. The van der Waals surface area contributed by atoms with Crippen LogP contribution in [0.3, 0.4) is 0 Å². The lowest BCUT2D eigenvalue weighted by atomic mass is 10.0. The lowest BCUT2D eigenvalue weighted by Gasteiger charge is -2.15. The number of quaternary nitrogens is 1. The van der Waals surface area contributed by atoms with Crippen LogP contribution in [0.25, 0.3) is 0 Å². The molecule has 2 atom stereocenters. The molecule has 0 aliphatic heterocycles. The van der Waals surface area contributed by atoms with Gasteiger partial charge in [-0.15, -0.1) is 0 Å². The van der Waals surface area contributed by atoms with Gasteiger partial charge in [-0.2, -0.15) is 5.26 Å². The van der Waals surface area contributed by atoms with Crippen LogP contribution in [0.5, 0.6) is 0 Å². The van der Waals surface area contributed by atoms with Crippen molar-refractivity contribution in [3.63, 3.8) is 0 Å². The second kappa shape index (κ2) is 7.64. The molecule has 4 heteroatoms. The van der Waals surface area contributed by atoms with Gasteiger partial charge in [-0.05, 0) is 19.1 Å². The number of halogens is 2. The molecule has 2 aromatic carbocycles. The largest absolute Gasteiger partial charge is 1.00 e. The van der Waals surface area contributed by atoms with Gasteiger partial charge in [0.25, 0.3) is 0 Å². The number of hydrogen-bond donors (Lipinski definition) is 1. The molecule has 104 valence electrons. The van der Waals surface area contributed by atoms with Crippen molar-refractivity contribution in [1.29, 1.82) is 5.26 Å². The van der Waals surface area contributed by atoms with Gasteiger partial charge in [-0.1, -0.05) is 42.5 Å². The Kier molecular flexibility index (Phi) is 6.17. The van der Waals surface area contributed by atoms with E-state index in [9.17, 15) is 9.65 Å². The minimum Gasteiger partial charge on any atom is -1.00 e. The van der Waals surface area contributed by atoms with Crippen molar-refractivity contribution < 1.29 is 22.1 Å². The standard InChI is InChI=1S/C16H15FN2.ClH/c1-12(13-7-3-2-4-8-13)19-16(11-18)14-9-5-6-10-15(14)17;/h2-10,12,16,19H,1H3;1H/t12-,16+;/m1./s1. The molecule has 0 saturated heterocycles. The summed E-state index contributed by atoms with van der Waals surface area (Å²) < 4.78 is 13.7. The van der Waals surface area contributed by atoms with E-state index in [0.717, 1.165) is 5.56 Å². The molecule has 0 aliphatic carbocycles. The van der Waals surface area contributed by atoms with Crippen LogP contribution in [0, 0.1) is 17.1 Å². The molecule has 0 heterocycles. The first-order valence-electron chi connectivity index (χ1n) is 6.26. The molecule has 2 N–H and O–H groups in total. The quantitative estimate of drug-likeness (QED) is 0.827. The van der Waals surface area contributed by atoms with E-state index >= 15 is 0 Å².